The normalized spacial score (nSPS) is 29.8. The lowest BCUT2D eigenvalue weighted by Crippen LogP contribution is -2.52. The van der Waals surface area contributed by atoms with Gasteiger partial charge in [0, 0.05) is 31.3 Å². The van der Waals surface area contributed by atoms with Gasteiger partial charge in [-0.25, -0.2) is 8.42 Å². The van der Waals surface area contributed by atoms with E-state index < -0.39 is 15.1 Å². The Balaban J connectivity index is 2.02. The standard InChI is InChI=1S/C13H24N2O3S/c1-15(12(16)9-13(14)7-4-8-13)10-5-3-6-11(10)19(2,17)18/h10-11H,3-9,14H2,1-2H3/t10-,11-/m0/s1. The summed E-state index contributed by atoms with van der Waals surface area (Å²) in [6, 6.07) is -0.175. The average molecular weight is 288 g/mol. The van der Waals surface area contributed by atoms with E-state index in [9.17, 15) is 13.2 Å². The molecule has 2 saturated carbocycles. The summed E-state index contributed by atoms with van der Waals surface area (Å²) in [5.41, 5.74) is 5.75. The summed E-state index contributed by atoms with van der Waals surface area (Å²) in [5, 5.41) is -0.406. The SMILES string of the molecule is CN(C(=O)CC1(N)CCC1)[C@H]1CCC[C@@H]1S(C)(=O)=O. The van der Waals surface area contributed by atoms with Gasteiger partial charge < -0.3 is 10.6 Å². The van der Waals surface area contributed by atoms with Gasteiger partial charge in [0.05, 0.1) is 5.25 Å². The van der Waals surface area contributed by atoms with Crippen LogP contribution in [0.5, 0.6) is 0 Å². The maximum Gasteiger partial charge on any atom is 0.224 e. The molecule has 2 rings (SSSR count). The number of nitrogens with zero attached hydrogens (tertiary/aromatic N) is 1. The molecule has 2 aliphatic carbocycles. The van der Waals surface area contributed by atoms with Gasteiger partial charge in [-0.15, -0.1) is 0 Å². The summed E-state index contributed by atoms with van der Waals surface area (Å²) in [6.45, 7) is 0. The van der Waals surface area contributed by atoms with Crippen molar-refractivity contribution in [2.75, 3.05) is 13.3 Å². The molecule has 0 aromatic rings. The molecule has 0 unspecified atom stereocenters. The van der Waals surface area contributed by atoms with Gasteiger partial charge in [0.15, 0.2) is 9.84 Å². The molecule has 2 N–H and O–H groups in total. The van der Waals surface area contributed by atoms with Crippen molar-refractivity contribution in [1.82, 2.24) is 4.90 Å². The molecule has 0 heterocycles. The van der Waals surface area contributed by atoms with Gasteiger partial charge in [-0.3, -0.25) is 4.79 Å². The largest absolute Gasteiger partial charge is 0.341 e. The Morgan fingerprint density at radius 3 is 2.42 bits per heavy atom. The zero-order valence-corrected chi connectivity index (χ0v) is 12.6. The number of carbonyl (C=O) groups is 1. The quantitative estimate of drug-likeness (QED) is 0.825. The minimum atomic E-state index is -3.09. The van der Waals surface area contributed by atoms with Gasteiger partial charge in [-0.2, -0.15) is 0 Å². The fourth-order valence-electron chi connectivity index (χ4n) is 3.27. The molecule has 0 bridgehead atoms. The molecule has 19 heavy (non-hydrogen) atoms. The van der Waals surface area contributed by atoms with Gasteiger partial charge in [0.25, 0.3) is 0 Å². The Hall–Kier alpha value is -0.620. The van der Waals surface area contributed by atoms with Gasteiger partial charge >= 0.3 is 0 Å². The molecule has 2 atom stereocenters. The van der Waals surface area contributed by atoms with Crippen LogP contribution in [0.25, 0.3) is 0 Å². The van der Waals surface area contributed by atoms with Crippen LogP contribution in [0.2, 0.25) is 0 Å². The smallest absolute Gasteiger partial charge is 0.224 e. The number of carbonyl (C=O) groups excluding carboxylic acids is 1. The highest BCUT2D eigenvalue weighted by atomic mass is 32.2. The topological polar surface area (TPSA) is 80.5 Å². The molecule has 2 aliphatic rings. The molecular formula is C13H24N2O3S. The molecule has 0 saturated heterocycles. The number of amides is 1. The third-order valence-corrected chi connectivity index (χ3v) is 6.36. The monoisotopic (exact) mass is 288 g/mol. The van der Waals surface area contributed by atoms with Crippen molar-refractivity contribution in [3.8, 4) is 0 Å². The summed E-state index contributed by atoms with van der Waals surface area (Å²) in [6.07, 6.45) is 6.80. The molecule has 0 aliphatic heterocycles. The van der Waals surface area contributed by atoms with Crippen molar-refractivity contribution >= 4 is 15.7 Å². The van der Waals surface area contributed by atoms with E-state index in [1.807, 2.05) is 0 Å². The van der Waals surface area contributed by atoms with Crippen LogP contribution in [0.3, 0.4) is 0 Å². The van der Waals surface area contributed by atoms with Crippen molar-refractivity contribution in [2.45, 2.75) is 61.8 Å². The lowest BCUT2D eigenvalue weighted by atomic mass is 9.75. The van der Waals surface area contributed by atoms with Crippen molar-refractivity contribution in [2.24, 2.45) is 5.73 Å². The van der Waals surface area contributed by atoms with E-state index in [-0.39, 0.29) is 17.5 Å². The van der Waals surface area contributed by atoms with Crippen LogP contribution in [0.15, 0.2) is 0 Å². The number of hydrogen-bond donors (Lipinski definition) is 1. The van der Waals surface area contributed by atoms with Crippen LogP contribution in [0.4, 0.5) is 0 Å². The van der Waals surface area contributed by atoms with Crippen molar-refractivity contribution in [1.29, 1.82) is 0 Å². The molecule has 0 radical (unpaired) electrons. The van der Waals surface area contributed by atoms with Crippen LogP contribution < -0.4 is 5.73 Å². The lowest BCUT2D eigenvalue weighted by Gasteiger charge is -2.39. The fraction of sp³-hybridized carbons (Fsp3) is 0.923. The maximum absolute atomic E-state index is 12.3. The number of hydrogen-bond acceptors (Lipinski definition) is 4. The van der Waals surface area contributed by atoms with E-state index >= 15 is 0 Å². The van der Waals surface area contributed by atoms with E-state index in [4.69, 9.17) is 5.73 Å². The fourth-order valence-corrected chi connectivity index (χ4v) is 4.75. The van der Waals surface area contributed by atoms with Crippen molar-refractivity contribution < 1.29 is 13.2 Å². The van der Waals surface area contributed by atoms with Crippen molar-refractivity contribution in [3.05, 3.63) is 0 Å². The summed E-state index contributed by atoms with van der Waals surface area (Å²) in [7, 11) is -1.37. The molecule has 110 valence electrons. The summed E-state index contributed by atoms with van der Waals surface area (Å²) < 4.78 is 23.5. The Morgan fingerprint density at radius 2 is 1.95 bits per heavy atom. The first-order valence-electron chi connectivity index (χ1n) is 6.96. The molecule has 2 fully saturated rings. The molecule has 0 aromatic heterocycles. The summed E-state index contributed by atoms with van der Waals surface area (Å²) >= 11 is 0. The zero-order chi connectivity index (χ0) is 14.3. The van der Waals surface area contributed by atoms with Gasteiger partial charge in [-0.1, -0.05) is 0 Å². The zero-order valence-electron chi connectivity index (χ0n) is 11.8. The van der Waals surface area contributed by atoms with E-state index in [1.54, 1.807) is 11.9 Å². The summed E-state index contributed by atoms with van der Waals surface area (Å²) in [5.74, 6) is -0.0113. The summed E-state index contributed by atoms with van der Waals surface area (Å²) in [4.78, 5) is 13.9. The minimum Gasteiger partial charge on any atom is -0.341 e. The lowest BCUT2D eigenvalue weighted by molar-refractivity contribution is -0.133. The minimum absolute atomic E-state index is 0.0113. The molecule has 5 nitrogen and oxygen atoms in total. The predicted octanol–water partition coefficient (Wildman–Crippen LogP) is 0.682. The van der Waals surface area contributed by atoms with Crippen LogP contribution in [-0.2, 0) is 14.6 Å². The Labute approximate surface area is 115 Å². The van der Waals surface area contributed by atoms with Crippen molar-refractivity contribution in [3.63, 3.8) is 0 Å². The second-order valence-electron chi connectivity index (χ2n) is 6.26. The Bertz CT molecular complexity index is 457. The van der Waals surface area contributed by atoms with Crippen LogP contribution in [-0.4, -0.2) is 49.4 Å². The van der Waals surface area contributed by atoms with Gasteiger partial charge in [0.1, 0.15) is 0 Å². The second-order valence-corrected chi connectivity index (χ2v) is 8.53. The third-order valence-electron chi connectivity index (χ3n) is 4.71. The third kappa shape index (κ3) is 3.11. The molecule has 0 spiro atoms. The second kappa shape index (κ2) is 5.05. The number of rotatable bonds is 4. The highest BCUT2D eigenvalue weighted by molar-refractivity contribution is 7.91. The van der Waals surface area contributed by atoms with E-state index in [0.29, 0.717) is 12.8 Å². The van der Waals surface area contributed by atoms with Crippen LogP contribution in [0.1, 0.15) is 44.9 Å². The van der Waals surface area contributed by atoms with E-state index in [0.717, 1.165) is 32.1 Å². The van der Waals surface area contributed by atoms with Crippen LogP contribution in [0, 0.1) is 0 Å². The molecule has 0 aromatic carbocycles. The maximum atomic E-state index is 12.3. The number of sulfone groups is 1. The van der Waals surface area contributed by atoms with Gasteiger partial charge in [0.2, 0.25) is 5.91 Å². The van der Waals surface area contributed by atoms with Crippen LogP contribution >= 0.6 is 0 Å². The molecular weight excluding hydrogens is 264 g/mol. The first kappa shape index (κ1) is 14.8. The highest BCUT2D eigenvalue weighted by Gasteiger charge is 2.41. The van der Waals surface area contributed by atoms with E-state index in [2.05, 4.69) is 0 Å². The average Bonchev–Trinajstić information content (AvgIpc) is 2.74. The number of nitrogens with two attached hydrogens (primary N) is 1. The predicted molar refractivity (Wildman–Crippen MR) is 74.4 cm³/mol. The first-order chi connectivity index (χ1) is 8.73. The van der Waals surface area contributed by atoms with E-state index in [1.165, 1.54) is 6.26 Å². The molecule has 6 heteroatoms. The first-order valence-corrected chi connectivity index (χ1v) is 8.92. The van der Waals surface area contributed by atoms with Gasteiger partial charge in [-0.05, 0) is 38.5 Å². The molecule has 1 amide bonds. The highest BCUT2D eigenvalue weighted by Crippen LogP contribution is 2.34. The Morgan fingerprint density at radius 1 is 1.32 bits per heavy atom. The Kier molecular flexibility index (Phi) is 3.93.